The van der Waals surface area contributed by atoms with Crippen LogP contribution in [-0.4, -0.2) is 48.5 Å². The number of halogens is 2. The van der Waals surface area contributed by atoms with E-state index < -0.39 is 0 Å². The van der Waals surface area contributed by atoms with Crippen molar-refractivity contribution in [2.24, 2.45) is 11.1 Å². The zero-order chi connectivity index (χ0) is 16.6. The lowest BCUT2D eigenvalue weighted by Crippen LogP contribution is -2.34. The molecule has 0 bridgehead atoms. The Hall–Kier alpha value is -0.600. The first-order valence-electron chi connectivity index (χ1n) is 8.14. The highest BCUT2D eigenvalue weighted by molar-refractivity contribution is 7.29. The summed E-state index contributed by atoms with van der Waals surface area (Å²) >= 11 is 3.18. The van der Waals surface area contributed by atoms with E-state index in [-0.39, 0.29) is 36.1 Å². The van der Waals surface area contributed by atoms with Gasteiger partial charge in [0.05, 0.1) is 9.58 Å². The average molecular weight is 425 g/mol. The normalized spacial score (nSPS) is 19.6. The summed E-state index contributed by atoms with van der Waals surface area (Å²) < 4.78 is 1.11. The minimum atomic E-state index is 0. The highest BCUT2D eigenvalue weighted by Gasteiger charge is 2.35. The lowest BCUT2D eigenvalue weighted by atomic mass is 9.90. The minimum absolute atomic E-state index is 0. The number of likely N-dealkylation sites (tertiary alicyclic amines) is 1. The molecule has 2 N–H and O–H groups in total. The number of thiazole rings is 1. The maximum absolute atomic E-state index is 12.7. The molecule has 0 aliphatic carbocycles. The summed E-state index contributed by atoms with van der Waals surface area (Å²) in [5.74, 6) is 0.127. The van der Waals surface area contributed by atoms with E-state index >= 15 is 0 Å². The van der Waals surface area contributed by atoms with Crippen LogP contribution in [0.3, 0.4) is 0 Å². The predicted molar refractivity (Wildman–Crippen MR) is 113 cm³/mol. The smallest absolute Gasteiger partial charge is 0.264 e. The number of amides is 1. The van der Waals surface area contributed by atoms with Gasteiger partial charge in [0, 0.05) is 26.2 Å². The number of thiophene rings is 1. The molecule has 1 aliphatic heterocycles. The van der Waals surface area contributed by atoms with Crippen molar-refractivity contribution in [3.05, 3.63) is 10.9 Å². The van der Waals surface area contributed by atoms with Crippen molar-refractivity contribution in [3.63, 3.8) is 0 Å². The molecule has 1 fully saturated rings. The first-order valence-corrected chi connectivity index (χ1v) is 9.77. The maximum Gasteiger partial charge on any atom is 0.264 e. The zero-order valence-corrected chi connectivity index (χ0v) is 18.0. The van der Waals surface area contributed by atoms with E-state index in [1.54, 1.807) is 11.3 Å². The minimum Gasteiger partial charge on any atom is -0.349 e. The number of rotatable bonds is 5. The van der Waals surface area contributed by atoms with Crippen LogP contribution in [0.25, 0.3) is 9.53 Å². The number of carbonyl (C=O) groups excluding carboxylic acids is 1. The van der Waals surface area contributed by atoms with Gasteiger partial charge in [0.15, 0.2) is 5.13 Å². The number of carbonyl (C=O) groups is 1. The van der Waals surface area contributed by atoms with Crippen LogP contribution in [-0.2, 0) is 0 Å². The first-order chi connectivity index (χ1) is 11.0. The summed E-state index contributed by atoms with van der Waals surface area (Å²) in [7, 11) is 0. The van der Waals surface area contributed by atoms with Crippen molar-refractivity contribution in [1.29, 1.82) is 0 Å². The topological polar surface area (TPSA) is 62.5 Å². The van der Waals surface area contributed by atoms with Crippen LogP contribution in [0.4, 0.5) is 5.13 Å². The molecule has 2 aromatic heterocycles. The lowest BCUT2D eigenvalue weighted by molar-refractivity contribution is 0.0782. The Labute approximate surface area is 169 Å². The largest absolute Gasteiger partial charge is 0.349 e. The third-order valence-corrected chi connectivity index (χ3v) is 6.87. The molecule has 1 amide bonds. The molecule has 5 nitrogen and oxygen atoms in total. The fraction of sp³-hybridized carbons (Fsp3) is 0.625. The van der Waals surface area contributed by atoms with Crippen molar-refractivity contribution < 1.29 is 4.79 Å². The van der Waals surface area contributed by atoms with Crippen molar-refractivity contribution in [2.45, 2.75) is 27.2 Å². The van der Waals surface area contributed by atoms with Gasteiger partial charge < -0.3 is 15.5 Å². The number of hydrogen-bond acceptors (Lipinski definition) is 6. The van der Waals surface area contributed by atoms with Gasteiger partial charge in [-0.15, -0.1) is 36.2 Å². The summed E-state index contributed by atoms with van der Waals surface area (Å²) in [6.45, 7) is 10.5. The molecule has 3 rings (SSSR count). The zero-order valence-electron chi connectivity index (χ0n) is 14.8. The number of nitrogens with two attached hydrogens (primary N) is 1. The SMILES string of the molecule is CCN(CC)c1nc2sc(C(=O)N3CCC(C)(CN)C3)cc2s1.Cl.Cl. The molecule has 1 atom stereocenters. The molecule has 9 heteroatoms. The Kier molecular flexibility index (Phi) is 7.95. The number of fused-ring (bicyclic) bond motifs is 1. The Morgan fingerprint density at radius 2 is 2.04 bits per heavy atom. The van der Waals surface area contributed by atoms with Crippen LogP contribution in [0.5, 0.6) is 0 Å². The molecule has 0 saturated carbocycles. The monoisotopic (exact) mass is 424 g/mol. The third-order valence-electron chi connectivity index (χ3n) is 4.66. The molecule has 25 heavy (non-hydrogen) atoms. The molecular weight excluding hydrogens is 399 g/mol. The van der Waals surface area contributed by atoms with Crippen LogP contribution in [0, 0.1) is 5.41 Å². The highest BCUT2D eigenvalue weighted by atomic mass is 35.5. The van der Waals surface area contributed by atoms with Crippen LogP contribution in [0.15, 0.2) is 6.07 Å². The van der Waals surface area contributed by atoms with Gasteiger partial charge in [-0.25, -0.2) is 4.98 Å². The van der Waals surface area contributed by atoms with E-state index in [0.29, 0.717) is 6.54 Å². The van der Waals surface area contributed by atoms with Gasteiger partial charge in [-0.05, 0) is 38.3 Å². The van der Waals surface area contributed by atoms with E-state index in [0.717, 1.165) is 52.1 Å². The summed E-state index contributed by atoms with van der Waals surface area (Å²) in [4.78, 5) is 23.4. The molecule has 1 aliphatic rings. The second-order valence-corrected chi connectivity index (χ2v) is 8.48. The molecule has 1 saturated heterocycles. The van der Waals surface area contributed by atoms with Gasteiger partial charge in [-0.1, -0.05) is 18.3 Å². The molecule has 0 radical (unpaired) electrons. The number of hydrogen-bond donors (Lipinski definition) is 1. The highest BCUT2D eigenvalue weighted by Crippen LogP contribution is 2.36. The Balaban J connectivity index is 0.00000156. The molecular formula is C16H26Cl2N4OS2. The first kappa shape index (κ1) is 22.4. The summed E-state index contributed by atoms with van der Waals surface area (Å²) in [6, 6.07) is 2.01. The lowest BCUT2D eigenvalue weighted by Gasteiger charge is -2.22. The molecule has 0 aromatic carbocycles. The van der Waals surface area contributed by atoms with Gasteiger partial charge in [0.2, 0.25) is 0 Å². The summed E-state index contributed by atoms with van der Waals surface area (Å²) in [5, 5.41) is 1.05. The molecule has 0 spiro atoms. The van der Waals surface area contributed by atoms with Gasteiger partial charge in [-0.2, -0.15) is 0 Å². The second kappa shape index (κ2) is 8.86. The van der Waals surface area contributed by atoms with Crippen LogP contribution >= 0.6 is 47.5 Å². The summed E-state index contributed by atoms with van der Waals surface area (Å²) in [5.41, 5.74) is 5.90. The standard InChI is InChI=1S/C16H24N4OS2.2ClH/c1-4-19(5-2)15-18-13-11(23-15)8-12(22-13)14(21)20-7-6-16(3,9-17)10-20;;/h8H,4-7,9-10,17H2,1-3H3;2*1H. The van der Waals surface area contributed by atoms with E-state index in [1.165, 1.54) is 11.3 Å². The summed E-state index contributed by atoms with van der Waals surface area (Å²) in [6.07, 6.45) is 0.985. The van der Waals surface area contributed by atoms with Gasteiger partial charge in [-0.3, -0.25) is 4.79 Å². The van der Waals surface area contributed by atoms with E-state index in [4.69, 9.17) is 10.7 Å². The Morgan fingerprint density at radius 3 is 2.56 bits per heavy atom. The van der Waals surface area contributed by atoms with Crippen molar-refractivity contribution >= 4 is 68.1 Å². The number of aromatic nitrogens is 1. The van der Waals surface area contributed by atoms with Crippen LogP contribution < -0.4 is 10.6 Å². The van der Waals surface area contributed by atoms with Crippen LogP contribution in [0.2, 0.25) is 0 Å². The van der Waals surface area contributed by atoms with Crippen molar-refractivity contribution in [2.75, 3.05) is 37.6 Å². The van der Waals surface area contributed by atoms with Crippen molar-refractivity contribution in [1.82, 2.24) is 9.88 Å². The fourth-order valence-corrected chi connectivity index (χ4v) is 5.28. The second-order valence-electron chi connectivity index (χ2n) is 6.44. The Bertz CT molecular complexity index is 685. The average Bonchev–Trinajstić information content (AvgIpc) is 3.21. The van der Waals surface area contributed by atoms with Crippen LogP contribution in [0.1, 0.15) is 36.9 Å². The van der Waals surface area contributed by atoms with E-state index in [9.17, 15) is 4.79 Å². The third kappa shape index (κ3) is 4.39. The molecule has 3 heterocycles. The predicted octanol–water partition coefficient (Wildman–Crippen LogP) is 3.86. The number of anilines is 1. The van der Waals surface area contributed by atoms with Crippen molar-refractivity contribution in [3.8, 4) is 0 Å². The van der Waals surface area contributed by atoms with Gasteiger partial charge >= 0.3 is 0 Å². The molecule has 142 valence electrons. The number of nitrogens with zero attached hydrogens (tertiary/aromatic N) is 3. The Morgan fingerprint density at radius 1 is 1.36 bits per heavy atom. The van der Waals surface area contributed by atoms with E-state index in [1.807, 2.05) is 11.0 Å². The quantitative estimate of drug-likeness (QED) is 0.790. The molecule has 2 aromatic rings. The fourth-order valence-electron chi connectivity index (χ4n) is 2.98. The van der Waals surface area contributed by atoms with Gasteiger partial charge in [0.1, 0.15) is 4.83 Å². The van der Waals surface area contributed by atoms with Gasteiger partial charge in [0.25, 0.3) is 5.91 Å². The maximum atomic E-state index is 12.7. The van der Waals surface area contributed by atoms with E-state index in [2.05, 4.69) is 25.7 Å². The molecule has 1 unspecified atom stereocenters.